The number of methoxy groups -OCH3 is 2. The molecular formula is C37H29NO7. The topological polar surface area (TPSA) is 99.2 Å². The molecule has 0 unspecified atom stereocenters. The summed E-state index contributed by atoms with van der Waals surface area (Å²) in [6, 6.07) is 24.4. The van der Waals surface area contributed by atoms with Crippen molar-refractivity contribution in [3.8, 4) is 17.2 Å². The molecule has 1 spiro atoms. The fourth-order valence-corrected chi connectivity index (χ4v) is 7.36. The van der Waals surface area contributed by atoms with E-state index < -0.39 is 29.4 Å². The standard InChI is InChI=1S/C37H29NO7/c1-21(39)45-25-16-12-23(13-17-25)34(40)33-32(24-14-18-29(43-2)30(20-24)44-3)37(35(41)26-9-5-6-10-27(26)36(37)42)31-19-15-22-8-4-7-11-28(22)38(31)33/h4-20,31-33H,1-3H3/t31-,32-,33-/m1/s1. The van der Waals surface area contributed by atoms with E-state index in [1.165, 1.54) is 21.1 Å². The van der Waals surface area contributed by atoms with E-state index in [2.05, 4.69) is 0 Å². The van der Waals surface area contributed by atoms with Gasteiger partial charge in [0.05, 0.1) is 20.3 Å². The van der Waals surface area contributed by atoms with Crippen LogP contribution in [0, 0.1) is 5.41 Å². The van der Waals surface area contributed by atoms with Gasteiger partial charge in [-0.25, -0.2) is 0 Å². The number of nitrogens with zero attached hydrogens (tertiary/aromatic N) is 1. The molecule has 0 saturated carbocycles. The van der Waals surface area contributed by atoms with E-state index in [0.717, 1.165) is 11.3 Å². The van der Waals surface area contributed by atoms with Crippen molar-refractivity contribution in [1.29, 1.82) is 0 Å². The van der Waals surface area contributed by atoms with Crippen LogP contribution in [0.2, 0.25) is 0 Å². The number of anilines is 1. The molecule has 7 rings (SSSR count). The number of benzene rings is 4. The lowest BCUT2D eigenvalue weighted by Gasteiger charge is -2.37. The zero-order valence-corrected chi connectivity index (χ0v) is 24.9. The fourth-order valence-electron chi connectivity index (χ4n) is 7.36. The van der Waals surface area contributed by atoms with Gasteiger partial charge in [0.25, 0.3) is 0 Å². The maximum Gasteiger partial charge on any atom is 0.308 e. The van der Waals surface area contributed by atoms with Crippen LogP contribution in [0.3, 0.4) is 0 Å². The maximum absolute atomic E-state index is 14.9. The molecule has 0 radical (unpaired) electrons. The first-order valence-corrected chi connectivity index (χ1v) is 14.6. The first kappa shape index (κ1) is 28.3. The van der Waals surface area contributed by atoms with Crippen LogP contribution >= 0.6 is 0 Å². The number of carbonyl (C=O) groups is 4. The van der Waals surface area contributed by atoms with Crippen LogP contribution in [0.15, 0.2) is 97.1 Å². The van der Waals surface area contributed by atoms with Crippen LogP contribution in [0.5, 0.6) is 17.2 Å². The molecule has 8 nitrogen and oxygen atoms in total. The van der Waals surface area contributed by atoms with Gasteiger partial charge in [-0.15, -0.1) is 0 Å². The van der Waals surface area contributed by atoms with Gasteiger partial charge in [-0.1, -0.05) is 60.7 Å². The summed E-state index contributed by atoms with van der Waals surface area (Å²) in [5.41, 5.74) is 1.61. The van der Waals surface area contributed by atoms with Gasteiger partial charge in [-0.05, 0) is 53.6 Å². The van der Waals surface area contributed by atoms with E-state index in [1.807, 2.05) is 41.3 Å². The molecule has 4 aromatic rings. The summed E-state index contributed by atoms with van der Waals surface area (Å²) >= 11 is 0. The Labute approximate surface area is 259 Å². The van der Waals surface area contributed by atoms with Gasteiger partial charge in [0, 0.05) is 35.2 Å². The molecule has 8 heteroatoms. The number of hydrogen-bond donors (Lipinski definition) is 0. The molecule has 4 aromatic carbocycles. The Morgan fingerprint density at radius 3 is 2.07 bits per heavy atom. The van der Waals surface area contributed by atoms with Crippen LogP contribution < -0.4 is 19.1 Å². The number of hydrogen-bond acceptors (Lipinski definition) is 8. The fraction of sp³-hybridized carbons (Fsp3) is 0.189. The molecule has 3 aliphatic rings. The number of esters is 1. The molecule has 0 aromatic heterocycles. The SMILES string of the molecule is COc1ccc([C@@H]2[C@H](C(=O)c3ccc(OC(C)=O)cc3)N3c4ccccc4C=C[C@@H]3C23C(=O)c2ccccc2C3=O)cc1OC. The number of fused-ring (bicyclic) bond motifs is 5. The van der Waals surface area contributed by atoms with Gasteiger partial charge in [-0.3, -0.25) is 19.2 Å². The van der Waals surface area contributed by atoms with Gasteiger partial charge in [0.2, 0.25) is 0 Å². The van der Waals surface area contributed by atoms with Gasteiger partial charge in [-0.2, -0.15) is 0 Å². The molecule has 1 saturated heterocycles. The average Bonchev–Trinajstić information content (AvgIpc) is 3.50. The molecule has 0 amide bonds. The van der Waals surface area contributed by atoms with E-state index in [1.54, 1.807) is 66.7 Å². The highest BCUT2D eigenvalue weighted by molar-refractivity contribution is 6.32. The number of ketones is 3. The molecule has 1 aliphatic carbocycles. The third-order valence-electron chi connectivity index (χ3n) is 9.15. The van der Waals surface area contributed by atoms with E-state index in [4.69, 9.17) is 14.2 Å². The third kappa shape index (κ3) is 4.05. The number of rotatable bonds is 6. The second-order valence-electron chi connectivity index (χ2n) is 11.4. The van der Waals surface area contributed by atoms with E-state index in [9.17, 15) is 19.2 Å². The van der Waals surface area contributed by atoms with Crippen molar-refractivity contribution in [2.75, 3.05) is 19.1 Å². The molecule has 3 atom stereocenters. The molecule has 45 heavy (non-hydrogen) atoms. The number of ether oxygens (including phenoxy) is 3. The van der Waals surface area contributed by atoms with Crippen molar-refractivity contribution < 1.29 is 33.4 Å². The zero-order valence-electron chi connectivity index (χ0n) is 24.9. The minimum atomic E-state index is -1.65. The Morgan fingerprint density at radius 1 is 0.778 bits per heavy atom. The van der Waals surface area contributed by atoms with E-state index in [-0.39, 0.29) is 17.3 Å². The Bertz CT molecular complexity index is 1890. The molecule has 1 fully saturated rings. The Kier molecular flexibility index (Phi) is 6.66. The summed E-state index contributed by atoms with van der Waals surface area (Å²) in [4.78, 5) is 58.0. The predicted octanol–water partition coefficient (Wildman–Crippen LogP) is 5.95. The Morgan fingerprint density at radius 2 is 1.42 bits per heavy atom. The molecule has 2 aliphatic heterocycles. The average molecular weight is 600 g/mol. The zero-order chi connectivity index (χ0) is 31.5. The second kappa shape index (κ2) is 10.6. The first-order chi connectivity index (χ1) is 21.8. The van der Waals surface area contributed by atoms with Gasteiger partial charge >= 0.3 is 5.97 Å². The summed E-state index contributed by atoms with van der Waals surface area (Å²) in [7, 11) is 3.05. The highest BCUT2D eigenvalue weighted by atomic mass is 16.5. The van der Waals surface area contributed by atoms with Crippen molar-refractivity contribution in [1.82, 2.24) is 0 Å². The molecular weight excluding hydrogens is 570 g/mol. The lowest BCUT2D eigenvalue weighted by Crippen LogP contribution is -2.48. The quantitative estimate of drug-likeness (QED) is 0.116. The van der Waals surface area contributed by atoms with Crippen molar-refractivity contribution >= 4 is 35.1 Å². The summed E-state index contributed by atoms with van der Waals surface area (Å²) in [6.45, 7) is 1.31. The molecule has 2 heterocycles. The normalized spacial score (nSPS) is 20.4. The smallest absolute Gasteiger partial charge is 0.308 e. The van der Waals surface area contributed by atoms with Crippen LogP contribution in [0.4, 0.5) is 5.69 Å². The minimum absolute atomic E-state index is 0.285. The second-order valence-corrected chi connectivity index (χ2v) is 11.4. The van der Waals surface area contributed by atoms with Gasteiger partial charge in [0.15, 0.2) is 28.8 Å². The minimum Gasteiger partial charge on any atom is -0.493 e. The lowest BCUT2D eigenvalue weighted by molar-refractivity contribution is -0.131. The van der Waals surface area contributed by atoms with Crippen LogP contribution in [-0.4, -0.2) is 49.6 Å². The van der Waals surface area contributed by atoms with Gasteiger partial charge < -0.3 is 19.1 Å². The lowest BCUT2D eigenvalue weighted by atomic mass is 9.64. The highest BCUT2D eigenvalue weighted by Crippen LogP contribution is 2.61. The predicted molar refractivity (Wildman–Crippen MR) is 167 cm³/mol. The third-order valence-corrected chi connectivity index (χ3v) is 9.15. The van der Waals surface area contributed by atoms with Crippen LogP contribution in [0.1, 0.15) is 55.0 Å². The maximum atomic E-state index is 14.9. The highest BCUT2D eigenvalue weighted by Gasteiger charge is 2.71. The summed E-state index contributed by atoms with van der Waals surface area (Å²) < 4.78 is 16.4. The Balaban J connectivity index is 1.50. The summed E-state index contributed by atoms with van der Waals surface area (Å²) in [5, 5.41) is 0. The molecule has 224 valence electrons. The monoisotopic (exact) mass is 599 g/mol. The van der Waals surface area contributed by atoms with Crippen molar-refractivity contribution in [2.45, 2.75) is 24.9 Å². The van der Waals surface area contributed by atoms with Gasteiger partial charge in [0.1, 0.15) is 17.2 Å². The van der Waals surface area contributed by atoms with Crippen LogP contribution in [-0.2, 0) is 4.79 Å². The van der Waals surface area contributed by atoms with E-state index >= 15 is 0 Å². The molecule has 0 bridgehead atoms. The number of para-hydroxylation sites is 1. The van der Waals surface area contributed by atoms with Crippen molar-refractivity contribution in [2.24, 2.45) is 5.41 Å². The van der Waals surface area contributed by atoms with Crippen molar-refractivity contribution in [3.05, 3.63) is 125 Å². The van der Waals surface area contributed by atoms with Crippen molar-refractivity contribution in [3.63, 3.8) is 0 Å². The number of Topliss-reactive ketones (excluding diaryl/α,β-unsaturated/α-hetero) is 3. The number of carbonyl (C=O) groups excluding carboxylic acids is 4. The summed E-state index contributed by atoms with van der Waals surface area (Å²) in [5.74, 6) is -1.11. The largest absolute Gasteiger partial charge is 0.493 e. The van der Waals surface area contributed by atoms with Crippen LogP contribution in [0.25, 0.3) is 6.08 Å². The molecule has 0 N–H and O–H groups in total. The first-order valence-electron chi connectivity index (χ1n) is 14.6. The van der Waals surface area contributed by atoms with E-state index in [0.29, 0.717) is 39.5 Å². The summed E-state index contributed by atoms with van der Waals surface area (Å²) in [6.07, 6.45) is 3.81. The Hall–Kier alpha value is -5.50.